The number of hydrogen-bond donors (Lipinski definition) is 1. The number of para-hydroxylation sites is 1. The van der Waals surface area contributed by atoms with E-state index >= 15 is 0 Å². The SMILES string of the molecule is CO[Si](C)(C)CCCOCC(O)COc1ccccc1. The first-order chi connectivity index (χ1) is 9.53. The summed E-state index contributed by atoms with van der Waals surface area (Å²) in [6.45, 7) is 5.59. The molecule has 0 aliphatic rings. The number of rotatable bonds is 10. The molecular formula is C15H26O4Si. The minimum Gasteiger partial charge on any atom is -0.491 e. The molecule has 0 aromatic heterocycles. The van der Waals surface area contributed by atoms with Crippen LogP contribution in [-0.2, 0) is 9.16 Å². The van der Waals surface area contributed by atoms with E-state index in [1.165, 1.54) is 0 Å². The van der Waals surface area contributed by atoms with E-state index in [0.29, 0.717) is 13.2 Å². The highest BCUT2D eigenvalue weighted by molar-refractivity contribution is 6.71. The Balaban J connectivity index is 2.04. The topological polar surface area (TPSA) is 47.9 Å². The Morgan fingerprint density at radius 2 is 1.85 bits per heavy atom. The Labute approximate surface area is 122 Å². The number of benzene rings is 1. The predicted octanol–water partition coefficient (Wildman–Crippen LogP) is 2.68. The van der Waals surface area contributed by atoms with Gasteiger partial charge in [0.15, 0.2) is 8.32 Å². The van der Waals surface area contributed by atoms with Crippen LogP contribution in [0.15, 0.2) is 30.3 Å². The molecule has 1 atom stereocenters. The molecule has 1 N–H and O–H groups in total. The van der Waals surface area contributed by atoms with Gasteiger partial charge in [-0.05, 0) is 37.7 Å². The Hall–Kier alpha value is -0.883. The standard InChI is InChI=1S/C15H26O4Si/c1-17-20(2,3)11-7-10-18-12-14(16)13-19-15-8-5-4-6-9-15/h4-6,8-9,14,16H,7,10-13H2,1-3H3. The fraction of sp³-hybridized carbons (Fsp3) is 0.600. The van der Waals surface area contributed by atoms with Crippen LogP contribution in [0.2, 0.25) is 19.1 Å². The molecule has 0 aliphatic heterocycles. The van der Waals surface area contributed by atoms with Gasteiger partial charge in [-0.2, -0.15) is 0 Å². The van der Waals surface area contributed by atoms with Crippen LogP contribution in [0.25, 0.3) is 0 Å². The lowest BCUT2D eigenvalue weighted by Crippen LogP contribution is -2.29. The van der Waals surface area contributed by atoms with Crippen LogP contribution in [0.5, 0.6) is 5.75 Å². The lowest BCUT2D eigenvalue weighted by Gasteiger charge is -2.19. The monoisotopic (exact) mass is 298 g/mol. The van der Waals surface area contributed by atoms with Gasteiger partial charge in [-0.1, -0.05) is 18.2 Å². The van der Waals surface area contributed by atoms with E-state index in [0.717, 1.165) is 18.2 Å². The number of hydrogen-bond acceptors (Lipinski definition) is 4. The predicted molar refractivity (Wildman–Crippen MR) is 82.7 cm³/mol. The molecule has 0 spiro atoms. The van der Waals surface area contributed by atoms with E-state index in [4.69, 9.17) is 13.9 Å². The van der Waals surface area contributed by atoms with E-state index in [1.54, 1.807) is 7.11 Å². The van der Waals surface area contributed by atoms with Gasteiger partial charge in [0, 0.05) is 13.7 Å². The van der Waals surface area contributed by atoms with Gasteiger partial charge < -0.3 is 19.0 Å². The summed E-state index contributed by atoms with van der Waals surface area (Å²) in [5, 5.41) is 9.75. The van der Waals surface area contributed by atoms with Crippen LogP contribution in [0, 0.1) is 0 Å². The van der Waals surface area contributed by atoms with Gasteiger partial charge in [-0.3, -0.25) is 0 Å². The van der Waals surface area contributed by atoms with E-state index in [1.807, 2.05) is 30.3 Å². The van der Waals surface area contributed by atoms with Gasteiger partial charge in [0.05, 0.1) is 6.61 Å². The summed E-state index contributed by atoms with van der Waals surface area (Å²) in [6, 6.07) is 10.5. The summed E-state index contributed by atoms with van der Waals surface area (Å²) in [5.74, 6) is 0.763. The number of ether oxygens (including phenoxy) is 2. The van der Waals surface area contributed by atoms with Crippen molar-refractivity contribution >= 4 is 8.32 Å². The van der Waals surface area contributed by atoms with Gasteiger partial charge in [-0.25, -0.2) is 0 Å². The van der Waals surface area contributed by atoms with Crippen molar-refractivity contribution in [3.63, 3.8) is 0 Å². The number of aliphatic hydroxyl groups excluding tert-OH is 1. The summed E-state index contributed by atoms with van der Waals surface area (Å²) < 4.78 is 16.4. The van der Waals surface area contributed by atoms with Crippen molar-refractivity contribution in [1.82, 2.24) is 0 Å². The Morgan fingerprint density at radius 3 is 2.50 bits per heavy atom. The zero-order valence-corrected chi connectivity index (χ0v) is 13.7. The summed E-state index contributed by atoms with van der Waals surface area (Å²) >= 11 is 0. The first-order valence-electron chi connectivity index (χ1n) is 7.02. The second-order valence-electron chi connectivity index (χ2n) is 5.42. The molecule has 5 heteroatoms. The molecule has 0 radical (unpaired) electrons. The largest absolute Gasteiger partial charge is 0.491 e. The maximum absolute atomic E-state index is 9.75. The van der Waals surface area contributed by atoms with Crippen molar-refractivity contribution in [2.75, 3.05) is 26.9 Å². The van der Waals surface area contributed by atoms with Crippen molar-refractivity contribution in [1.29, 1.82) is 0 Å². The molecule has 1 unspecified atom stereocenters. The van der Waals surface area contributed by atoms with Crippen LogP contribution < -0.4 is 4.74 Å². The van der Waals surface area contributed by atoms with Crippen LogP contribution >= 0.6 is 0 Å². The fourth-order valence-electron chi connectivity index (χ4n) is 1.68. The highest BCUT2D eigenvalue weighted by Gasteiger charge is 2.19. The Bertz CT molecular complexity index is 356. The van der Waals surface area contributed by atoms with Gasteiger partial charge in [0.25, 0.3) is 0 Å². The van der Waals surface area contributed by atoms with Crippen LogP contribution in [0.1, 0.15) is 6.42 Å². The average Bonchev–Trinajstić information content (AvgIpc) is 2.46. The summed E-state index contributed by atoms with van der Waals surface area (Å²) in [5.41, 5.74) is 0. The third-order valence-electron chi connectivity index (χ3n) is 3.12. The van der Waals surface area contributed by atoms with E-state index in [2.05, 4.69) is 13.1 Å². The number of aliphatic hydroxyl groups is 1. The third-order valence-corrected chi connectivity index (χ3v) is 5.78. The zero-order valence-electron chi connectivity index (χ0n) is 12.7. The smallest absolute Gasteiger partial charge is 0.186 e. The molecule has 0 bridgehead atoms. The summed E-state index contributed by atoms with van der Waals surface area (Å²) in [7, 11) is 0.295. The van der Waals surface area contributed by atoms with Gasteiger partial charge in [0.1, 0.15) is 18.5 Å². The molecule has 0 fully saturated rings. The van der Waals surface area contributed by atoms with Crippen molar-refractivity contribution in [3.05, 3.63) is 30.3 Å². The molecule has 0 heterocycles. The lowest BCUT2D eigenvalue weighted by molar-refractivity contribution is 0.0121. The Kier molecular flexibility index (Phi) is 7.83. The van der Waals surface area contributed by atoms with E-state index < -0.39 is 14.4 Å². The minimum atomic E-state index is -1.48. The second kappa shape index (κ2) is 9.13. The quantitative estimate of drug-likeness (QED) is 0.533. The Morgan fingerprint density at radius 1 is 1.15 bits per heavy atom. The second-order valence-corrected chi connectivity index (χ2v) is 9.85. The molecule has 0 aliphatic carbocycles. The van der Waals surface area contributed by atoms with Gasteiger partial charge in [-0.15, -0.1) is 0 Å². The normalized spacial score (nSPS) is 13.2. The van der Waals surface area contributed by atoms with Crippen LogP contribution in [-0.4, -0.2) is 46.5 Å². The highest BCUT2D eigenvalue weighted by atomic mass is 28.4. The maximum Gasteiger partial charge on any atom is 0.186 e. The molecule has 1 aromatic carbocycles. The molecule has 1 rings (SSSR count). The third kappa shape index (κ3) is 7.64. The van der Waals surface area contributed by atoms with Crippen molar-refractivity contribution in [2.24, 2.45) is 0 Å². The molecule has 4 nitrogen and oxygen atoms in total. The van der Waals surface area contributed by atoms with Crippen LogP contribution in [0.3, 0.4) is 0 Å². The molecular weight excluding hydrogens is 272 g/mol. The fourth-order valence-corrected chi connectivity index (χ4v) is 2.88. The van der Waals surface area contributed by atoms with E-state index in [-0.39, 0.29) is 6.61 Å². The van der Waals surface area contributed by atoms with E-state index in [9.17, 15) is 5.11 Å². The molecule has 0 amide bonds. The van der Waals surface area contributed by atoms with Gasteiger partial charge >= 0.3 is 0 Å². The van der Waals surface area contributed by atoms with Crippen LogP contribution in [0.4, 0.5) is 0 Å². The van der Waals surface area contributed by atoms with Gasteiger partial charge in [0.2, 0.25) is 0 Å². The first-order valence-corrected chi connectivity index (χ1v) is 10.1. The maximum atomic E-state index is 9.75. The highest BCUT2D eigenvalue weighted by Crippen LogP contribution is 2.12. The summed E-state index contributed by atoms with van der Waals surface area (Å²) in [4.78, 5) is 0. The average molecular weight is 298 g/mol. The summed E-state index contributed by atoms with van der Waals surface area (Å²) in [6.07, 6.45) is 0.377. The molecule has 114 valence electrons. The van der Waals surface area contributed by atoms with Crippen molar-refractivity contribution in [3.8, 4) is 5.75 Å². The van der Waals surface area contributed by atoms with Crippen molar-refractivity contribution in [2.45, 2.75) is 31.7 Å². The zero-order chi connectivity index (χ0) is 14.8. The minimum absolute atomic E-state index is 0.252. The molecule has 1 aromatic rings. The first kappa shape index (κ1) is 17.2. The lowest BCUT2D eigenvalue weighted by atomic mass is 10.3. The molecule has 0 saturated carbocycles. The molecule has 20 heavy (non-hydrogen) atoms. The molecule has 0 saturated heterocycles. The van der Waals surface area contributed by atoms with Crippen molar-refractivity contribution < 1.29 is 19.0 Å².